The molecule has 0 unspecified atom stereocenters. The van der Waals surface area contributed by atoms with Gasteiger partial charge in [-0.05, 0) is 31.5 Å². The van der Waals surface area contributed by atoms with Crippen LogP contribution in [0.5, 0.6) is 0 Å². The molecule has 1 aromatic carbocycles. The number of nitrogens with two attached hydrogens (primary N) is 1. The molecule has 0 aliphatic carbocycles. The molecule has 0 radical (unpaired) electrons. The maximum Gasteiger partial charge on any atom is 0.0465 e. The largest absolute Gasteiger partial charge is 0.327 e. The summed E-state index contributed by atoms with van der Waals surface area (Å²) in [5, 5.41) is 1.48. The Morgan fingerprint density at radius 2 is 1.94 bits per heavy atom. The lowest BCUT2D eigenvalue weighted by Crippen LogP contribution is -2.42. The van der Waals surface area contributed by atoms with Crippen LogP contribution in [0.2, 0.25) is 10.0 Å². The fraction of sp³-hybridized carbons (Fsp3) is 0.500. The second-order valence-corrected chi connectivity index (χ2v) is 5.15. The highest BCUT2D eigenvalue weighted by Crippen LogP contribution is 2.26. The molecule has 1 aromatic rings. The molecule has 0 saturated carbocycles. The first-order valence-electron chi connectivity index (χ1n) is 5.57. The van der Waals surface area contributed by atoms with E-state index < -0.39 is 0 Å². The van der Waals surface area contributed by atoms with Gasteiger partial charge in [-0.2, -0.15) is 0 Å². The van der Waals surface area contributed by atoms with Crippen molar-refractivity contribution in [2.24, 2.45) is 5.73 Å². The Bertz CT molecular complexity index is 351. The van der Waals surface area contributed by atoms with Crippen molar-refractivity contribution in [2.75, 3.05) is 13.1 Å². The first-order valence-corrected chi connectivity index (χ1v) is 6.33. The van der Waals surface area contributed by atoms with Crippen LogP contribution < -0.4 is 5.73 Å². The van der Waals surface area contributed by atoms with Crippen molar-refractivity contribution in [2.45, 2.75) is 25.4 Å². The fourth-order valence-corrected chi connectivity index (χ4v) is 2.66. The van der Waals surface area contributed by atoms with E-state index in [4.69, 9.17) is 28.9 Å². The van der Waals surface area contributed by atoms with Crippen LogP contribution in [0.4, 0.5) is 0 Å². The van der Waals surface area contributed by atoms with Gasteiger partial charge in [-0.25, -0.2) is 0 Å². The van der Waals surface area contributed by atoms with Crippen LogP contribution in [-0.2, 0) is 6.54 Å². The standard InChI is InChI=1S/C12H16Cl2N2.ClH/c13-11-4-1-5-12(14)10(11)8-16-6-2-3-9(15)7-16;/h1,4-5,9H,2-3,6-8,15H2;1H/t9-;/m1./s1. The minimum absolute atomic E-state index is 0. The number of rotatable bonds is 2. The summed E-state index contributed by atoms with van der Waals surface area (Å²) in [6, 6.07) is 5.92. The van der Waals surface area contributed by atoms with E-state index in [2.05, 4.69) is 4.90 Å². The lowest BCUT2D eigenvalue weighted by molar-refractivity contribution is 0.201. The Morgan fingerprint density at radius 1 is 1.29 bits per heavy atom. The van der Waals surface area contributed by atoms with Gasteiger partial charge in [0.25, 0.3) is 0 Å². The Kier molecular flexibility index (Phi) is 6.04. The molecule has 2 N–H and O–H groups in total. The molecule has 1 heterocycles. The summed E-state index contributed by atoms with van der Waals surface area (Å²) in [5.74, 6) is 0. The number of likely N-dealkylation sites (tertiary alicyclic amines) is 1. The third kappa shape index (κ3) is 4.01. The Balaban J connectivity index is 0.00000144. The van der Waals surface area contributed by atoms with E-state index in [-0.39, 0.29) is 18.4 Å². The molecule has 1 fully saturated rings. The summed E-state index contributed by atoms with van der Waals surface area (Å²) in [5.41, 5.74) is 6.96. The summed E-state index contributed by atoms with van der Waals surface area (Å²) in [6.07, 6.45) is 2.27. The molecule has 5 heteroatoms. The molecule has 1 saturated heterocycles. The van der Waals surface area contributed by atoms with E-state index in [0.29, 0.717) is 0 Å². The lowest BCUT2D eigenvalue weighted by Gasteiger charge is -2.31. The van der Waals surface area contributed by atoms with Gasteiger partial charge in [0, 0.05) is 34.7 Å². The predicted molar refractivity (Wildman–Crippen MR) is 76.2 cm³/mol. The summed E-state index contributed by atoms with van der Waals surface area (Å²) in [6.45, 7) is 2.81. The molecule has 96 valence electrons. The van der Waals surface area contributed by atoms with Crippen LogP contribution in [-0.4, -0.2) is 24.0 Å². The van der Waals surface area contributed by atoms with Crippen molar-refractivity contribution in [3.8, 4) is 0 Å². The molecule has 0 bridgehead atoms. The maximum absolute atomic E-state index is 6.14. The summed E-state index contributed by atoms with van der Waals surface area (Å²) in [7, 11) is 0. The Hall–Kier alpha value is 0.01000. The average Bonchev–Trinajstić information content (AvgIpc) is 2.24. The Labute approximate surface area is 118 Å². The van der Waals surface area contributed by atoms with E-state index in [9.17, 15) is 0 Å². The fourth-order valence-electron chi connectivity index (χ4n) is 2.14. The topological polar surface area (TPSA) is 29.3 Å². The molecule has 0 amide bonds. The van der Waals surface area contributed by atoms with E-state index in [0.717, 1.165) is 48.1 Å². The van der Waals surface area contributed by atoms with Crippen LogP contribution in [0.25, 0.3) is 0 Å². The molecule has 0 aromatic heterocycles. The van der Waals surface area contributed by atoms with Crippen LogP contribution in [0.3, 0.4) is 0 Å². The molecule has 1 aliphatic rings. The SMILES string of the molecule is Cl.N[C@@H]1CCCN(Cc2c(Cl)cccc2Cl)C1. The Morgan fingerprint density at radius 3 is 2.53 bits per heavy atom. The van der Waals surface area contributed by atoms with E-state index in [1.807, 2.05) is 18.2 Å². The first kappa shape index (κ1) is 15.1. The number of hydrogen-bond acceptors (Lipinski definition) is 2. The molecule has 2 nitrogen and oxygen atoms in total. The number of benzene rings is 1. The van der Waals surface area contributed by atoms with Crippen molar-refractivity contribution in [3.63, 3.8) is 0 Å². The van der Waals surface area contributed by atoms with Crippen molar-refractivity contribution >= 4 is 35.6 Å². The zero-order valence-corrected chi connectivity index (χ0v) is 11.9. The predicted octanol–water partition coefficient (Wildman–Crippen LogP) is 3.34. The lowest BCUT2D eigenvalue weighted by atomic mass is 10.1. The first-order chi connectivity index (χ1) is 7.66. The van der Waals surface area contributed by atoms with Gasteiger partial charge in [-0.15, -0.1) is 12.4 Å². The van der Waals surface area contributed by atoms with Crippen molar-refractivity contribution in [3.05, 3.63) is 33.8 Å². The van der Waals surface area contributed by atoms with Gasteiger partial charge in [0.2, 0.25) is 0 Å². The van der Waals surface area contributed by atoms with Gasteiger partial charge in [0.05, 0.1) is 0 Å². The highest BCUT2D eigenvalue weighted by molar-refractivity contribution is 6.35. The third-order valence-electron chi connectivity index (χ3n) is 2.99. The maximum atomic E-state index is 6.14. The molecule has 0 spiro atoms. The molecule has 1 aliphatic heterocycles. The highest BCUT2D eigenvalue weighted by Gasteiger charge is 2.18. The number of halogens is 3. The normalized spacial score (nSPS) is 21.0. The number of piperidine rings is 1. The highest BCUT2D eigenvalue weighted by atomic mass is 35.5. The summed E-state index contributed by atoms with van der Waals surface area (Å²) >= 11 is 12.3. The number of hydrogen-bond donors (Lipinski definition) is 1. The minimum atomic E-state index is 0. The second-order valence-electron chi connectivity index (χ2n) is 4.34. The van der Waals surface area contributed by atoms with Gasteiger partial charge in [0.15, 0.2) is 0 Å². The van der Waals surface area contributed by atoms with Crippen LogP contribution in [0, 0.1) is 0 Å². The molecule has 2 rings (SSSR count). The zero-order valence-electron chi connectivity index (χ0n) is 9.53. The number of nitrogens with zero attached hydrogens (tertiary/aromatic N) is 1. The average molecular weight is 296 g/mol. The van der Waals surface area contributed by atoms with Gasteiger partial charge < -0.3 is 5.73 Å². The van der Waals surface area contributed by atoms with Crippen LogP contribution >= 0.6 is 35.6 Å². The van der Waals surface area contributed by atoms with Crippen molar-refractivity contribution in [1.82, 2.24) is 4.90 Å². The quantitative estimate of drug-likeness (QED) is 0.907. The third-order valence-corrected chi connectivity index (χ3v) is 3.69. The smallest absolute Gasteiger partial charge is 0.0465 e. The molecular weight excluding hydrogens is 279 g/mol. The molecule has 1 atom stereocenters. The van der Waals surface area contributed by atoms with Gasteiger partial charge in [0.1, 0.15) is 0 Å². The van der Waals surface area contributed by atoms with Gasteiger partial charge in [-0.1, -0.05) is 29.3 Å². The summed E-state index contributed by atoms with van der Waals surface area (Å²) in [4.78, 5) is 2.32. The second kappa shape index (κ2) is 6.81. The molecule has 17 heavy (non-hydrogen) atoms. The van der Waals surface area contributed by atoms with Crippen LogP contribution in [0.1, 0.15) is 18.4 Å². The minimum Gasteiger partial charge on any atom is -0.327 e. The van der Waals surface area contributed by atoms with E-state index >= 15 is 0 Å². The van der Waals surface area contributed by atoms with Gasteiger partial charge in [-0.3, -0.25) is 4.90 Å². The van der Waals surface area contributed by atoms with Crippen LogP contribution in [0.15, 0.2) is 18.2 Å². The van der Waals surface area contributed by atoms with Crippen molar-refractivity contribution < 1.29 is 0 Å². The van der Waals surface area contributed by atoms with E-state index in [1.165, 1.54) is 0 Å². The summed E-state index contributed by atoms with van der Waals surface area (Å²) < 4.78 is 0. The van der Waals surface area contributed by atoms with E-state index in [1.54, 1.807) is 0 Å². The van der Waals surface area contributed by atoms with Gasteiger partial charge >= 0.3 is 0 Å². The molecular formula is C12H17Cl3N2. The van der Waals surface area contributed by atoms with Crippen molar-refractivity contribution in [1.29, 1.82) is 0 Å². The zero-order chi connectivity index (χ0) is 11.5. The monoisotopic (exact) mass is 294 g/mol.